The molecular weight excluding hydrogens is 480 g/mol. The molecule has 0 bridgehead atoms. The molecule has 3 aromatic rings. The molecule has 0 fully saturated rings. The van der Waals surface area contributed by atoms with Gasteiger partial charge in [-0.25, -0.2) is 8.42 Å². The van der Waals surface area contributed by atoms with Crippen molar-refractivity contribution in [3.63, 3.8) is 0 Å². The van der Waals surface area contributed by atoms with Gasteiger partial charge in [-0.3, -0.25) is 9.10 Å². The molecule has 0 saturated carbocycles. The second-order valence-electron chi connectivity index (χ2n) is 8.44. The van der Waals surface area contributed by atoms with Crippen LogP contribution in [0.4, 0.5) is 5.69 Å². The number of anilines is 1. The van der Waals surface area contributed by atoms with Crippen LogP contribution in [-0.4, -0.2) is 40.7 Å². The highest BCUT2D eigenvalue weighted by Crippen LogP contribution is 2.32. The number of amides is 1. The molecule has 4 rings (SSSR count). The predicted octanol–water partition coefficient (Wildman–Crippen LogP) is 4.24. The fourth-order valence-corrected chi connectivity index (χ4v) is 5.28. The fraction of sp³-hybridized carbons (Fsp3) is 0.296. The Kier molecular flexibility index (Phi) is 7.69. The summed E-state index contributed by atoms with van der Waals surface area (Å²) in [5.41, 5.74) is 2.20. The molecule has 0 aromatic heterocycles. The van der Waals surface area contributed by atoms with Gasteiger partial charge in [-0.1, -0.05) is 23.8 Å². The first-order chi connectivity index (χ1) is 17.3. The Morgan fingerprint density at radius 2 is 1.67 bits per heavy atom. The third kappa shape index (κ3) is 5.73. The number of rotatable bonds is 9. The maximum absolute atomic E-state index is 13.6. The molecule has 9 heteroatoms. The number of aryl methyl sites for hydroxylation is 1. The van der Waals surface area contributed by atoms with Gasteiger partial charge >= 0.3 is 0 Å². The highest BCUT2D eigenvalue weighted by atomic mass is 32.2. The van der Waals surface area contributed by atoms with Crippen LogP contribution in [0.1, 0.15) is 31.0 Å². The average Bonchev–Trinajstić information content (AvgIpc) is 2.88. The Bertz CT molecular complexity index is 1310. The largest absolute Gasteiger partial charge is 0.494 e. The molecule has 8 nitrogen and oxygen atoms in total. The molecule has 1 aliphatic rings. The zero-order valence-electron chi connectivity index (χ0n) is 20.6. The number of hydrogen-bond acceptors (Lipinski definition) is 6. The number of nitrogens with one attached hydrogen (secondary N) is 1. The minimum atomic E-state index is -4.03. The number of nitrogens with zero attached hydrogens (tertiary/aromatic N) is 1. The minimum absolute atomic E-state index is 0.0687. The molecule has 3 aromatic carbocycles. The Labute approximate surface area is 211 Å². The Hall–Kier alpha value is -3.72. The van der Waals surface area contributed by atoms with Gasteiger partial charge in [0, 0.05) is 0 Å². The van der Waals surface area contributed by atoms with Crippen molar-refractivity contribution < 1.29 is 27.4 Å². The molecular formula is C27H30N2O6S. The molecule has 0 aliphatic carbocycles. The molecule has 0 spiro atoms. The molecule has 0 unspecified atom stereocenters. The van der Waals surface area contributed by atoms with Crippen molar-refractivity contribution in [2.75, 3.05) is 30.7 Å². The quantitative estimate of drug-likeness (QED) is 0.463. The normalized spacial score (nSPS) is 13.5. The molecule has 1 atom stereocenters. The van der Waals surface area contributed by atoms with Crippen molar-refractivity contribution in [1.82, 2.24) is 5.32 Å². The number of carbonyl (C=O) groups is 1. The summed E-state index contributed by atoms with van der Waals surface area (Å²) in [4.78, 5) is 13.2. The van der Waals surface area contributed by atoms with E-state index in [1.54, 1.807) is 24.3 Å². The van der Waals surface area contributed by atoms with E-state index in [1.807, 2.05) is 51.1 Å². The summed E-state index contributed by atoms with van der Waals surface area (Å²) in [5, 5.41) is 2.90. The van der Waals surface area contributed by atoms with Crippen molar-refractivity contribution in [3.05, 3.63) is 77.9 Å². The van der Waals surface area contributed by atoms with E-state index in [9.17, 15) is 13.2 Å². The van der Waals surface area contributed by atoms with E-state index >= 15 is 0 Å². The van der Waals surface area contributed by atoms with E-state index in [-0.39, 0.29) is 17.5 Å². The van der Waals surface area contributed by atoms with Crippen LogP contribution < -0.4 is 23.8 Å². The summed E-state index contributed by atoms with van der Waals surface area (Å²) in [7, 11) is -4.03. The molecule has 1 N–H and O–H groups in total. The van der Waals surface area contributed by atoms with Gasteiger partial charge < -0.3 is 19.5 Å². The van der Waals surface area contributed by atoms with E-state index in [2.05, 4.69) is 5.32 Å². The van der Waals surface area contributed by atoms with E-state index in [1.165, 1.54) is 12.1 Å². The van der Waals surface area contributed by atoms with Gasteiger partial charge in [-0.15, -0.1) is 0 Å². The van der Waals surface area contributed by atoms with E-state index in [4.69, 9.17) is 14.2 Å². The SMILES string of the molecule is CCOc1ccc(S(=O)(=O)N(CC(=O)N[C@H](C)c2ccc3c(c2)OCCO3)c2ccc(C)cc2)cc1. The molecule has 36 heavy (non-hydrogen) atoms. The van der Waals surface area contributed by atoms with Gasteiger partial charge in [-0.05, 0) is 74.9 Å². The first-order valence-corrected chi connectivity index (χ1v) is 13.2. The lowest BCUT2D eigenvalue weighted by molar-refractivity contribution is -0.120. The van der Waals surface area contributed by atoms with Crippen LogP contribution in [0.2, 0.25) is 0 Å². The van der Waals surface area contributed by atoms with Gasteiger partial charge in [0.25, 0.3) is 10.0 Å². The number of sulfonamides is 1. The second kappa shape index (κ2) is 10.9. The first-order valence-electron chi connectivity index (χ1n) is 11.8. The van der Waals surface area contributed by atoms with Crippen molar-refractivity contribution in [3.8, 4) is 17.2 Å². The number of benzene rings is 3. The molecule has 190 valence electrons. The predicted molar refractivity (Wildman–Crippen MR) is 137 cm³/mol. The average molecular weight is 511 g/mol. The highest BCUT2D eigenvalue weighted by molar-refractivity contribution is 7.92. The fourth-order valence-electron chi connectivity index (χ4n) is 3.86. The van der Waals surface area contributed by atoms with Gasteiger partial charge in [0.05, 0.1) is 23.2 Å². The van der Waals surface area contributed by atoms with Crippen molar-refractivity contribution in [2.45, 2.75) is 31.7 Å². The number of hydrogen-bond donors (Lipinski definition) is 1. The number of ether oxygens (including phenoxy) is 3. The maximum atomic E-state index is 13.6. The van der Waals surface area contributed by atoms with Crippen LogP contribution in [0.15, 0.2) is 71.6 Å². The third-order valence-electron chi connectivity index (χ3n) is 5.78. The summed E-state index contributed by atoms with van der Waals surface area (Å²) in [6.45, 7) is 6.66. The van der Waals surface area contributed by atoms with E-state index < -0.39 is 15.9 Å². The molecule has 1 amide bonds. The zero-order valence-corrected chi connectivity index (χ0v) is 21.4. The standard InChI is InChI=1S/C27H30N2O6S/c1-4-33-23-10-12-24(13-11-23)36(31,32)29(22-8-5-19(2)6-9-22)18-27(30)28-20(3)21-7-14-25-26(17-21)35-16-15-34-25/h5-14,17,20H,4,15-16,18H2,1-3H3,(H,28,30)/t20-/m1/s1. The Morgan fingerprint density at radius 3 is 2.33 bits per heavy atom. The summed E-state index contributed by atoms with van der Waals surface area (Å²) >= 11 is 0. The Balaban J connectivity index is 1.56. The van der Waals surface area contributed by atoms with Crippen LogP contribution >= 0.6 is 0 Å². The maximum Gasteiger partial charge on any atom is 0.264 e. The van der Waals surface area contributed by atoms with Crippen LogP contribution in [-0.2, 0) is 14.8 Å². The number of fused-ring (bicyclic) bond motifs is 1. The monoisotopic (exact) mass is 510 g/mol. The summed E-state index contributed by atoms with van der Waals surface area (Å²) in [5.74, 6) is 1.42. The third-order valence-corrected chi connectivity index (χ3v) is 7.56. The van der Waals surface area contributed by atoms with Crippen molar-refractivity contribution in [1.29, 1.82) is 0 Å². The molecule has 0 saturated heterocycles. The lowest BCUT2D eigenvalue weighted by atomic mass is 10.1. The highest BCUT2D eigenvalue weighted by Gasteiger charge is 2.28. The van der Waals surface area contributed by atoms with Crippen molar-refractivity contribution >= 4 is 21.6 Å². The summed E-state index contributed by atoms with van der Waals surface area (Å²) < 4.78 is 45.0. The molecule has 1 heterocycles. The topological polar surface area (TPSA) is 94.2 Å². The minimum Gasteiger partial charge on any atom is -0.494 e. The lowest BCUT2D eigenvalue weighted by Gasteiger charge is -2.26. The van der Waals surface area contributed by atoms with E-state index in [0.29, 0.717) is 42.8 Å². The number of carbonyl (C=O) groups excluding carboxylic acids is 1. The van der Waals surface area contributed by atoms with Gasteiger partial charge in [0.1, 0.15) is 25.5 Å². The van der Waals surface area contributed by atoms with Gasteiger partial charge in [0.2, 0.25) is 5.91 Å². The van der Waals surface area contributed by atoms with Gasteiger partial charge in [-0.2, -0.15) is 0 Å². The molecule has 1 aliphatic heterocycles. The second-order valence-corrected chi connectivity index (χ2v) is 10.3. The van der Waals surface area contributed by atoms with Crippen LogP contribution in [0, 0.1) is 6.92 Å². The van der Waals surface area contributed by atoms with Crippen molar-refractivity contribution in [2.24, 2.45) is 0 Å². The van der Waals surface area contributed by atoms with Crippen LogP contribution in [0.3, 0.4) is 0 Å². The lowest BCUT2D eigenvalue weighted by Crippen LogP contribution is -2.41. The smallest absolute Gasteiger partial charge is 0.264 e. The summed E-state index contributed by atoms with van der Waals surface area (Å²) in [6.07, 6.45) is 0. The Morgan fingerprint density at radius 1 is 1.00 bits per heavy atom. The summed E-state index contributed by atoms with van der Waals surface area (Å²) in [6, 6.07) is 18.3. The van der Waals surface area contributed by atoms with Crippen LogP contribution in [0.25, 0.3) is 0 Å². The van der Waals surface area contributed by atoms with Gasteiger partial charge in [0.15, 0.2) is 11.5 Å². The first kappa shape index (κ1) is 25.4. The van der Waals surface area contributed by atoms with E-state index in [0.717, 1.165) is 15.4 Å². The zero-order chi connectivity index (χ0) is 25.7. The molecule has 0 radical (unpaired) electrons. The van der Waals surface area contributed by atoms with Crippen LogP contribution in [0.5, 0.6) is 17.2 Å².